The van der Waals surface area contributed by atoms with Gasteiger partial charge in [-0.05, 0) is 62.6 Å². The Labute approximate surface area is 234 Å². The molecular weight excluding hydrogens is 514 g/mol. The van der Waals surface area contributed by atoms with E-state index in [9.17, 15) is 14.4 Å². The zero-order valence-corrected chi connectivity index (χ0v) is 23.7. The van der Waals surface area contributed by atoms with Gasteiger partial charge < -0.3 is 23.7 Å². The number of Topliss-reactive ketones (excluding diaryl/α,β-unsaturated/α-hetero) is 1. The molecular formula is C31H35NO8. The van der Waals surface area contributed by atoms with Gasteiger partial charge in [0.25, 0.3) is 0 Å². The van der Waals surface area contributed by atoms with Crippen LogP contribution in [-0.4, -0.2) is 58.0 Å². The third-order valence-corrected chi connectivity index (χ3v) is 7.47. The van der Waals surface area contributed by atoms with Crippen LogP contribution in [0.4, 0.5) is 0 Å². The van der Waals surface area contributed by atoms with Gasteiger partial charge in [0.1, 0.15) is 11.7 Å². The molecule has 9 heteroatoms. The second-order valence-corrected chi connectivity index (χ2v) is 9.61. The van der Waals surface area contributed by atoms with Crippen LogP contribution >= 0.6 is 0 Å². The second kappa shape index (κ2) is 12.4. The summed E-state index contributed by atoms with van der Waals surface area (Å²) in [6, 6.07) is 12.6. The summed E-state index contributed by atoms with van der Waals surface area (Å²) in [4.78, 5) is 45.9. The average molecular weight is 550 g/mol. The number of benzene rings is 2. The fourth-order valence-corrected chi connectivity index (χ4v) is 5.75. The number of aliphatic imine (C=N–C) groups is 1. The molecule has 2 aromatic carbocycles. The number of hydrogen-bond donors (Lipinski definition) is 0. The van der Waals surface area contributed by atoms with Crippen molar-refractivity contribution >= 4 is 23.4 Å². The first-order chi connectivity index (χ1) is 19.3. The van der Waals surface area contributed by atoms with Gasteiger partial charge in [-0.15, -0.1) is 0 Å². The Kier molecular flexibility index (Phi) is 8.92. The van der Waals surface area contributed by atoms with Gasteiger partial charge in [0.2, 0.25) is 0 Å². The summed E-state index contributed by atoms with van der Waals surface area (Å²) in [6.45, 7) is 5.46. The monoisotopic (exact) mass is 549 g/mol. The highest BCUT2D eigenvalue weighted by atomic mass is 16.5. The van der Waals surface area contributed by atoms with Crippen molar-refractivity contribution in [1.82, 2.24) is 0 Å². The number of ether oxygens (including phenoxy) is 5. The molecule has 0 amide bonds. The molecule has 4 atom stereocenters. The van der Waals surface area contributed by atoms with E-state index in [1.165, 1.54) is 14.2 Å². The molecule has 2 aromatic rings. The van der Waals surface area contributed by atoms with Crippen molar-refractivity contribution in [2.45, 2.75) is 39.0 Å². The first-order valence-corrected chi connectivity index (χ1v) is 13.3. The lowest BCUT2D eigenvalue weighted by Gasteiger charge is -2.41. The van der Waals surface area contributed by atoms with Crippen LogP contribution in [0, 0.1) is 11.8 Å². The van der Waals surface area contributed by atoms with Crippen LogP contribution in [-0.2, 0) is 23.9 Å². The van der Waals surface area contributed by atoms with Crippen molar-refractivity contribution in [3.05, 3.63) is 64.9 Å². The maximum Gasteiger partial charge on any atom is 0.336 e. The highest BCUT2D eigenvalue weighted by Crippen LogP contribution is 2.49. The minimum absolute atomic E-state index is 0.130. The van der Waals surface area contributed by atoms with E-state index in [2.05, 4.69) is 0 Å². The maximum absolute atomic E-state index is 14.5. The predicted molar refractivity (Wildman–Crippen MR) is 148 cm³/mol. The number of nitrogens with zero attached hydrogens (tertiary/aromatic N) is 1. The van der Waals surface area contributed by atoms with Gasteiger partial charge in [-0.2, -0.15) is 0 Å². The first kappa shape index (κ1) is 28.9. The van der Waals surface area contributed by atoms with Crippen LogP contribution in [0.5, 0.6) is 17.2 Å². The summed E-state index contributed by atoms with van der Waals surface area (Å²) >= 11 is 0. The predicted octanol–water partition coefficient (Wildman–Crippen LogP) is 4.64. The summed E-state index contributed by atoms with van der Waals surface area (Å²) in [5.74, 6) is -3.18. The molecule has 4 rings (SSSR count). The van der Waals surface area contributed by atoms with E-state index in [1.807, 2.05) is 18.2 Å². The van der Waals surface area contributed by atoms with Gasteiger partial charge in [-0.25, -0.2) is 4.79 Å². The number of esters is 2. The Balaban J connectivity index is 1.91. The van der Waals surface area contributed by atoms with Crippen molar-refractivity contribution in [2.24, 2.45) is 16.8 Å². The molecule has 1 heterocycles. The van der Waals surface area contributed by atoms with Crippen molar-refractivity contribution in [3.8, 4) is 17.2 Å². The lowest BCUT2D eigenvalue weighted by atomic mass is 9.62. The van der Waals surface area contributed by atoms with E-state index in [0.29, 0.717) is 40.6 Å². The third-order valence-electron chi connectivity index (χ3n) is 7.47. The van der Waals surface area contributed by atoms with Gasteiger partial charge in [-0.1, -0.05) is 18.2 Å². The zero-order valence-electron chi connectivity index (χ0n) is 23.7. The lowest BCUT2D eigenvalue weighted by molar-refractivity contribution is -0.153. The summed E-state index contributed by atoms with van der Waals surface area (Å²) in [5.41, 5.74) is 2.76. The molecule has 1 aliphatic carbocycles. The van der Waals surface area contributed by atoms with Crippen molar-refractivity contribution < 1.29 is 38.1 Å². The minimum Gasteiger partial charge on any atom is -0.497 e. The smallest absolute Gasteiger partial charge is 0.336 e. The van der Waals surface area contributed by atoms with E-state index in [4.69, 9.17) is 28.7 Å². The van der Waals surface area contributed by atoms with Crippen molar-refractivity contribution in [2.75, 3.05) is 34.5 Å². The van der Waals surface area contributed by atoms with E-state index < -0.39 is 35.6 Å². The number of fused-ring (bicyclic) bond motifs is 1. The summed E-state index contributed by atoms with van der Waals surface area (Å²) in [7, 11) is 4.61. The second-order valence-electron chi connectivity index (χ2n) is 9.61. The largest absolute Gasteiger partial charge is 0.497 e. The molecule has 0 aromatic heterocycles. The van der Waals surface area contributed by atoms with E-state index in [0.717, 1.165) is 5.56 Å². The number of methoxy groups -OCH3 is 3. The number of rotatable bonds is 9. The van der Waals surface area contributed by atoms with Crippen LogP contribution in [0.15, 0.2) is 58.7 Å². The molecule has 0 spiro atoms. The van der Waals surface area contributed by atoms with Gasteiger partial charge in [0, 0.05) is 23.2 Å². The van der Waals surface area contributed by atoms with Crippen LogP contribution in [0.2, 0.25) is 0 Å². The fraction of sp³-hybridized carbons (Fsp3) is 0.419. The number of carbonyl (C=O) groups excluding carboxylic acids is 3. The highest BCUT2D eigenvalue weighted by Gasteiger charge is 2.53. The number of allylic oxidation sites excluding steroid dienone is 1. The topological polar surface area (TPSA) is 110 Å². The SMILES string of the molecule is CCOC(=O)C1=C(C)N=C2C[C@H](c3cccc(OC)c3)[C@@H](C(=O)OCC)C(=O)C2[C@@H]1c1ccc(OC)c(OC)c1. The Bertz CT molecular complexity index is 1360. The molecule has 0 saturated heterocycles. The Hall–Kier alpha value is -4.14. The first-order valence-electron chi connectivity index (χ1n) is 13.3. The molecule has 0 N–H and O–H groups in total. The van der Waals surface area contributed by atoms with Crippen molar-refractivity contribution in [1.29, 1.82) is 0 Å². The molecule has 0 bridgehead atoms. The third kappa shape index (κ3) is 5.33. The van der Waals surface area contributed by atoms with E-state index in [-0.39, 0.29) is 24.6 Å². The van der Waals surface area contributed by atoms with E-state index in [1.54, 1.807) is 52.1 Å². The van der Waals surface area contributed by atoms with Crippen LogP contribution < -0.4 is 14.2 Å². The summed E-state index contributed by atoms with van der Waals surface area (Å²) < 4.78 is 27.2. The number of hydrogen-bond acceptors (Lipinski definition) is 9. The normalized spacial score (nSPS) is 22.1. The molecule has 1 aliphatic heterocycles. The van der Waals surface area contributed by atoms with Gasteiger partial charge in [0.15, 0.2) is 17.3 Å². The Morgan fingerprint density at radius 3 is 2.25 bits per heavy atom. The maximum atomic E-state index is 14.5. The fourth-order valence-electron chi connectivity index (χ4n) is 5.75. The zero-order chi connectivity index (χ0) is 29.0. The highest BCUT2D eigenvalue weighted by molar-refractivity contribution is 6.17. The molecule has 212 valence electrons. The van der Waals surface area contributed by atoms with Crippen LogP contribution in [0.3, 0.4) is 0 Å². The minimum atomic E-state index is -1.10. The Morgan fingerprint density at radius 1 is 0.875 bits per heavy atom. The van der Waals surface area contributed by atoms with Gasteiger partial charge in [0.05, 0.1) is 46.0 Å². The van der Waals surface area contributed by atoms with Crippen molar-refractivity contribution in [3.63, 3.8) is 0 Å². The molecule has 2 aliphatic rings. The van der Waals surface area contributed by atoms with Crippen LogP contribution in [0.1, 0.15) is 50.2 Å². The summed E-state index contributed by atoms with van der Waals surface area (Å²) in [6.07, 6.45) is 0.324. The average Bonchev–Trinajstić information content (AvgIpc) is 2.96. The molecule has 1 unspecified atom stereocenters. The Morgan fingerprint density at radius 2 is 1.60 bits per heavy atom. The summed E-state index contributed by atoms with van der Waals surface area (Å²) in [5, 5.41) is 0. The van der Waals surface area contributed by atoms with Gasteiger partial charge in [-0.3, -0.25) is 14.6 Å². The molecule has 1 saturated carbocycles. The van der Waals surface area contributed by atoms with Gasteiger partial charge >= 0.3 is 11.9 Å². The quantitative estimate of drug-likeness (QED) is 0.329. The standard InChI is InChI=1S/C31H35NO8/c1-7-39-30(34)25-17(3)32-22-16-21(18-10-9-11-20(14-18)36-4)27(31(35)40-8-2)29(33)28(22)26(25)19-12-13-23(37-5)24(15-19)38-6/h9-15,21,26-28H,7-8,16H2,1-6H3/t21-,26-,27-,28?/m1/s1. The van der Waals surface area contributed by atoms with Crippen LogP contribution in [0.25, 0.3) is 0 Å². The molecule has 9 nitrogen and oxygen atoms in total. The van der Waals surface area contributed by atoms with E-state index >= 15 is 0 Å². The number of carbonyl (C=O) groups is 3. The lowest BCUT2D eigenvalue weighted by Crippen LogP contribution is -2.48. The number of ketones is 1. The molecule has 1 fully saturated rings. The molecule has 0 radical (unpaired) electrons. The molecule has 40 heavy (non-hydrogen) atoms.